The molecular weight excluding hydrogens is 252 g/mol. The van der Waals surface area contributed by atoms with Gasteiger partial charge in [-0.05, 0) is 49.2 Å². The van der Waals surface area contributed by atoms with E-state index < -0.39 is 0 Å². The second kappa shape index (κ2) is 5.10. The maximum atomic E-state index is 4.65. The quantitative estimate of drug-likeness (QED) is 0.710. The second-order valence-corrected chi connectivity index (χ2v) is 5.79. The minimum Gasteiger partial charge on any atom is -0.341 e. The summed E-state index contributed by atoms with van der Waals surface area (Å²) in [6.07, 6.45) is 0. The molecule has 0 spiro atoms. The molecule has 96 valence electrons. The van der Waals surface area contributed by atoms with Crippen molar-refractivity contribution in [3.8, 4) is 0 Å². The van der Waals surface area contributed by atoms with Gasteiger partial charge in [0.05, 0.1) is 16.8 Å². The Labute approximate surface area is 117 Å². The predicted octanol–water partition coefficient (Wildman–Crippen LogP) is 4.47. The Balaban J connectivity index is 1.82. The van der Waals surface area contributed by atoms with E-state index in [1.54, 1.807) is 11.8 Å². The van der Waals surface area contributed by atoms with Crippen LogP contribution in [-0.2, 0) is 5.75 Å². The van der Waals surface area contributed by atoms with Gasteiger partial charge < -0.3 is 4.98 Å². The highest BCUT2D eigenvalue weighted by Gasteiger charge is 2.05. The Bertz CT molecular complexity index is 662. The van der Waals surface area contributed by atoms with Crippen LogP contribution in [0.5, 0.6) is 0 Å². The van der Waals surface area contributed by atoms with Gasteiger partial charge in [-0.15, -0.1) is 11.8 Å². The van der Waals surface area contributed by atoms with Gasteiger partial charge in [-0.2, -0.15) is 0 Å². The SMILES string of the molecule is Cc1cc2nc(CSc3ccccc3)[nH]c2cc1C. The van der Waals surface area contributed by atoms with Gasteiger partial charge in [-0.3, -0.25) is 0 Å². The van der Waals surface area contributed by atoms with Crippen LogP contribution in [0.15, 0.2) is 47.4 Å². The fourth-order valence-electron chi connectivity index (χ4n) is 2.06. The summed E-state index contributed by atoms with van der Waals surface area (Å²) < 4.78 is 0. The van der Waals surface area contributed by atoms with Gasteiger partial charge in [-0.1, -0.05) is 18.2 Å². The molecule has 0 amide bonds. The molecule has 0 saturated carbocycles. The molecular formula is C16H16N2S. The van der Waals surface area contributed by atoms with E-state index in [2.05, 4.69) is 60.2 Å². The number of thioether (sulfide) groups is 1. The summed E-state index contributed by atoms with van der Waals surface area (Å²) in [5.41, 5.74) is 4.79. The van der Waals surface area contributed by atoms with Crippen molar-refractivity contribution in [2.45, 2.75) is 24.5 Å². The van der Waals surface area contributed by atoms with Crippen LogP contribution in [0.25, 0.3) is 11.0 Å². The average molecular weight is 268 g/mol. The van der Waals surface area contributed by atoms with Crippen LogP contribution >= 0.6 is 11.8 Å². The summed E-state index contributed by atoms with van der Waals surface area (Å²) >= 11 is 1.80. The van der Waals surface area contributed by atoms with Crippen molar-refractivity contribution in [1.29, 1.82) is 0 Å². The van der Waals surface area contributed by atoms with Crippen LogP contribution in [0.4, 0.5) is 0 Å². The number of hydrogen-bond donors (Lipinski definition) is 1. The summed E-state index contributed by atoms with van der Waals surface area (Å²) in [4.78, 5) is 9.33. The van der Waals surface area contributed by atoms with E-state index >= 15 is 0 Å². The van der Waals surface area contributed by atoms with Gasteiger partial charge in [0.1, 0.15) is 5.82 Å². The third-order valence-electron chi connectivity index (χ3n) is 3.27. The Morgan fingerprint density at radius 1 is 1.05 bits per heavy atom. The Kier molecular flexibility index (Phi) is 3.30. The van der Waals surface area contributed by atoms with Gasteiger partial charge >= 0.3 is 0 Å². The third-order valence-corrected chi connectivity index (χ3v) is 4.29. The van der Waals surface area contributed by atoms with E-state index in [1.807, 2.05) is 6.07 Å². The third kappa shape index (κ3) is 2.66. The summed E-state index contributed by atoms with van der Waals surface area (Å²) in [5, 5.41) is 0. The van der Waals surface area contributed by atoms with E-state index in [4.69, 9.17) is 0 Å². The number of aromatic amines is 1. The smallest absolute Gasteiger partial charge is 0.117 e. The molecule has 0 bridgehead atoms. The minimum atomic E-state index is 0.872. The fraction of sp³-hybridized carbons (Fsp3) is 0.188. The van der Waals surface area contributed by atoms with Crippen molar-refractivity contribution < 1.29 is 0 Å². The van der Waals surface area contributed by atoms with Crippen LogP contribution in [0, 0.1) is 13.8 Å². The maximum Gasteiger partial charge on any atom is 0.117 e. The summed E-state index contributed by atoms with van der Waals surface area (Å²) in [6, 6.07) is 14.7. The topological polar surface area (TPSA) is 28.7 Å². The molecule has 0 radical (unpaired) electrons. The summed E-state index contributed by atoms with van der Waals surface area (Å²) in [5.74, 6) is 1.91. The first-order valence-electron chi connectivity index (χ1n) is 6.36. The zero-order valence-corrected chi connectivity index (χ0v) is 11.9. The van der Waals surface area contributed by atoms with Gasteiger partial charge in [0.25, 0.3) is 0 Å². The van der Waals surface area contributed by atoms with Gasteiger partial charge in [0.2, 0.25) is 0 Å². The first-order valence-corrected chi connectivity index (χ1v) is 7.34. The molecule has 0 aliphatic heterocycles. The van der Waals surface area contributed by atoms with Crippen molar-refractivity contribution in [3.63, 3.8) is 0 Å². The molecule has 1 aromatic heterocycles. The van der Waals surface area contributed by atoms with E-state index in [0.717, 1.165) is 22.6 Å². The molecule has 0 unspecified atom stereocenters. The first kappa shape index (κ1) is 12.3. The molecule has 3 heteroatoms. The van der Waals surface area contributed by atoms with Crippen molar-refractivity contribution in [1.82, 2.24) is 9.97 Å². The normalized spacial score (nSPS) is 11.1. The maximum absolute atomic E-state index is 4.65. The van der Waals surface area contributed by atoms with Crippen LogP contribution in [0.1, 0.15) is 17.0 Å². The molecule has 0 atom stereocenters. The van der Waals surface area contributed by atoms with Crippen molar-refractivity contribution >= 4 is 22.8 Å². The minimum absolute atomic E-state index is 0.872. The molecule has 0 saturated heterocycles. The van der Waals surface area contributed by atoms with Crippen molar-refractivity contribution in [3.05, 3.63) is 59.4 Å². The van der Waals surface area contributed by atoms with Crippen LogP contribution in [0.2, 0.25) is 0 Å². The molecule has 0 aliphatic rings. The molecule has 1 heterocycles. The lowest BCUT2D eigenvalue weighted by Crippen LogP contribution is -1.82. The highest BCUT2D eigenvalue weighted by Crippen LogP contribution is 2.23. The fourth-order valence-corrected chi connectivity index (χ4v) is 2.85. The monoisotopic (exact) mass is 268 g/mol. The largest absolute Gasteiger partial charge is 0.341 e. The number of nitrogens with zero attached hydrogens (tertiary/aromatic N) is 1. The molecule has 19 heavy (non-hydrogen) atoms. The number of nitrogens with one attached hydrogen (secondary N) is 1. The van der Waals surface area contributed by atoms with E-state index in [-0.39, 0.29) is 0 Å². The number of aryl methyl sites for hydroxylation is 2. The van der Waals surface area contributed by atoms with Crippen LogP contribution in [0.3, 0.4) is 0 Å². The number of benzene rings is 2. The average Bonchev–Trinajstić information content (AvgIpc) is 2.80. The van der Waals surface area contributed by atoms with Crippen molar-refractivity contribution in [2.75, 3.05) is 0 Å². The zero-order valence-electron chi connectivity index (χ0n) is 11.1. The molecule has 2 aromatic carbocycles. The van der Waals surface area contributed by atoms with Gasteiger partial charge in [-0.25, -0.2) is 4.98 Å². The first-order chi connectivity index (χ1) is 9.22. The standard InChI is InChI=1S/C16H16N2S/c1-11-8-14-15(9-12(11)2)18-16(17-14)10-19-13-6-4-3-5-7-13/h3-9H,10H2,1-2H3,(H,17,18). The highest BCUT2D eigenvalue weighted by atomic mass is 32.2. The number of aromatic nitrogens is 2. The van der Waals surface area contributed by atoms with E-state index in [0.29, 0.717) is 0 Å². The number of imidazole rings is 1. The predicted molar refractivity (Wildman–Crippen MR) is 81.6 cm³/mol. The number of rotatable bonds is 3. The van der Waals surface area contributed by atoms with Crippen LogP contribution < -0.4 is 0 Å². The van der Waals surface area contributed by atoms with Gasteiger partial charge in [0, 0.05) is 4.90 Å². The lowest BCUT2D eigenvalue weighted by Gasteiger charge is -1.97. The van der Waals surface area contributed by atoms with Gasteiger partial charge in [0.15, 0.2) is 0 Å². The molecule has 3 rings (SSSR count). The zero-order chi connectivity index (χ0) is 13.2. The Morgan fingerprint density at radius 3 is 2.58 bits per heavy atom. The second-order valence-electron chi connectivity index (χ2n) is 4.74. The highest BCUT2D eigenvalue weighted by molar-refractivity contribution is 7.98. The molecule has 0 aliphatic carbocycles. The molecule has 0 fully saturated rings. The number of fused-ring (bicyclic) bond motifs is 1. The molecule has 1 N–H and O–H groups in total. The number of hydrogen-bond acceptors (Lipinski definition) is 2. The van der Waals surface area contributed by atoms with E-state index in [9.17, 15) is 0 Å². The molecule has 2 nitrogen and oxygen atoms in total. The lowest BCUT2D eigenvalue weighted by atomic mass is 10.1. The summed E-state index contributed by atoms with van der Waals surface area (Å²) in [7, 11) is 0. The van der Waals surface area contributed by atoms with E-state index in [1.165, 1.54) is 16.0 Å². The number of H-pyrrole nitrogens is 1. The molecule has 3 aromatic rings. The summed E-state index contributed by atoms with van der Waals surface area (Å²) in [6.45, 7) is 4.26. The van der Waals surface area contributed by atoms with Crippen molar-refractivity contribution in [2.24, 2.45) is 0 Å². The Morgan fingerprint density at radius 2 is 1.79 bits per heavy atom. The Hall–Kier alpha value is -1.74. The van der Waals surface area contributed by atoms with Crippen LogP contribution in [-0.4, -0.2) is 9.97 Å². The lowest BCUT2D eigenvalue weighted by molar-refractivity contribution is 1.14.